The summed E-state index contributed by atoms with van der Waals surface area (Å²) in [7, 11) is 0. The molecule has 0 aromatic heterocycles. The first-order valence-corrected chi connectivity index (χ1v) is 5.68. The van der Waals surface area contributed by atoms with Gasteiger partial charge in [-0.1, -0.05) is 60.7 Å². The Kier molecular flexibility index (Phi) is 21.6. The van der Waals surface area contributed by atoms with Crippen molar-refractivity contribution < 1.29 is 19.5 Å². The van der Waals surface area contributed by atoms with Gasteiger partial charge in [-0.05, 0) is 0 Å². The van der Waals surface area contributed by atoms with Crippen molar-refractivity contribution in [3.8, 4) is 0 Å². The van der Waals surface area contributed by atoms with Crippen molar-refractivity contribution >= 4 is 30.2 Å². The Morgan fingerprint density at radius 2 is 0.895 bits per heavy atom. The van der Waals surface area contributed by atoms with Gasteiger partial charge in [0.1, 0.15) is 0 Å². The summed E-state index contributed by atoms with van der Waals surface area (Å²) in [5.74, 6) is 0. The molecule has 0 atom stereocenters. The van der Waals surface area contributed by atoms with E-state index >= 15 is 0 Å². The molecule has 95 valence electrons. The maximum absolute atomic E-state index is 4.44. The Bertz CT molecular complexity index is 328. The summed E-state index contributed by atoms with van der Waals surface area (Å²) >= 11 is 0. The smallest absolute Gasteiger partial charge is 0 e. The second-order valence-electron chi connectivity index (χ2n) is 2.78. The molecule has 0 fully saturated rings. The number of hydrogen-bond acceptors (Lipinski definition) is 0. The molecule has 0 bridgehead atoms. The summed E-state index contributed by atoms with van der Waals surface area (Å²) in [5.41, 5.74) is 1.99. The predicted octanol–water partition coefficient (Wildman–Crippen LogP) is 5.32. The number of nitrogens with zero attached hydrogens (tertiary/aromatic N) is 1. The average molecular weight is 299 g/mol. The second-order valence-corrected chi connectivity index (χ2v) is 2.78. The van der Waals surface area contributed by atoms with E-state index < -0.39 is 0 Å². The molecule has 0 saturated heterocycles. The van der Waals surface area contributed by atoms with Crippen LogP contribution in [-0.4, -0.2) is 18.9 Å². The van der Waals surface area contributed by atoms with Crippen LogP contribution in [0.25, 0.3) is 5.32 Å². The van der Waals surface area contributed by atoms with E-state index in [4.69, 9.17) is 0 Å². The molecular weight excluding hydrogens is 279 g/mol. The van der Waals surface area contributed by atoms with Crippen LogP contribution in [0.4, 0.5) is 11.4 Å². The first kappa shape index (κ1) is 23.5. The minimum absolute atomic E-state index is 0. The number of hydrogen-bond donors (Lipinski definition) is 0. The normalized spacial score (nSPS) is 7.16. The molecule has 0 aliphatic carbocycles. The Hall–Kier alpha value is -0.539. The Labute approximate surface area is 143 Å². The fourth-order valence-electron chi connectivity index (χ4n) is 1.15. The monoisotopic (exact) mass is 297 g/mol. The zero-order chi connectivity index (χ0) is 12.9. The van der Waals surface area contributed by atoms with Gasteiger partial charge in [-0.3, -0.25) is 0 Å². The van der Waals surface area contributed by atoms with Gasteiger partial charge in [0, 0.05) is 38.3 Å². The topological polar surface area (TPSA) is 14.1 Å². The van der Waals surface area contributed by atoms with E-state index in [0.717, 1.165) is 11.4 Å². The Morgan fingerprint density at radius 3 is 1.16 bits per heavy atom. The van der Waals surface area contributed by atoms with Crippen molar-refractivity contribution in [2.75, 3.05) is 0 Å². The van der Waals surface area contributed by atoms with E-state index in [1.54, 1.807) is 13.8 Å². The zero-order valence-electron chi connectivity index (χ0n) is 12.3. The first-order valence-electron chi connectivity index (χ1n) is 5.68. The number of para-hydroxylation sites is 2. The van der Waals surface area contributed by atoms with Crippen LogP contribution in [0.1, 0.15) is 13.8 Å². The largest absolute Gasteiger partial charge is 0.658 e. The summed E-state index contributed by atoms with van der Waals surface area (Å²) in [6.07, 6.45) is 0. The maximum Gasteiger partial charge on any atom is 0 e. The zero-order valence-corrected chi connectivity index (χ0v) is 15.3. The third-order valence-electron chi connectivity index (χ3n) is 1.77. The van der Waals surface area contributed by atoms with Gasteiger partial charge in [0.15, 0.2) is 0 Å². The SMILES string of the molecule is [CH2-]C.[CH2-]C.[Li].[Zn].c1ccc([N-]c2ccccc2)cc1. The average Bonchev–Trinajstić information content (AvgIpc) is 2.45. The molecule has 0 N–H and O–H groups in total. The summed E-state index contributed by atoms with van der Waals surface area (Å²) in [6, 6.07) is 19.9. The molecule has 2 rings (SSSR count). The molecule has 0 saturated carbocycles. The van der Waals surface area contributed by atoms with Crippen molar-refractivity contribution in [3.05, 3.63) is 79.8 Å². The molecule has 3 heteroatoms. The van der Waals surface area contributed by atoms with Crippen molar-refractivity contribution in [1.29, 1.82) is 0 Å². The van der Waals surface area contributed by atoms with E-state index in [1.165, 1.54) is 0 Å². The molecule has 2 aromatic rings. The van der Waals surface area contributed by atoms with Crippen LogP contribution in [0, 0.1) is 13.8 Å². The quantitative estimate of drug-likeness (QED) is 0.526. The van der Waals surface area contributed by atoms with Crippen LogP contribution in [0.2, 0.25) is 0 Å². The molecule has 19 heavy (non-hydrogen) atoms. The van der Waals surface area contributed by atoms with Gasteiger partial charge in [-0.2, -0.15) is 13.8 Å². The van der Waals surface area contributed by atoms with Crippen LogP contribution >= 0.6 is 0 Å². The molecule has 0 heterocycles. The van der Waals surface area contributed by atoms with Crippen LogP contribution in [0.3, 0.4) is 0 Å². The van der Waals surface area contributed by atoms with Crippen molar-refractivity contribution in [1.82, 2.24) is 0 Å². The van der Waals surface area contributed by atoms with Gasteiger partial charge in [-0.15, -0.1) is 11.4 Å². The molecule has 1 radical (unpaired) electrons. The van der Waals surface area contributed by atoms with Gasteiger partial charge in [0.25, 0.3) is 0 Å². The Balaban J connectivity index is -0.000000392. The molecule has 0 unspecified atom stereocenters. The van der Waals surface area contributed by atoms with E-state index in [0.29, 0.717) is 0 Å². The third-order valence-corrected chi connectivity index (χ3v) is 1.77. The van der Waals surface area contributed by atoms with E-state index in [1.807, 2.05) is 60.7 Å². The summed E-state index contributed by atoms with van der Waals surface area (Å²) in [6.45, 7) is 10.0. The molecule has 0 amide bonds. The first-order chi connectivity index (χ1) is 8.45. The predicted molar refractivity (Wildman–Crippen MR) is 83.4 cm³/mol. The minimum Gasteiger partial charge on any atom is -0.658 e. The second kappa shape index (κ2) is 17.5. The summed E-state index contributed by atoms with van der Waals surface area (Å²) in [5, 5.41) is 4.44. The third kappa shape index (κ3) is 11.0. The van der Waals surface area contributed by atoms with Crippen LogP contribution in [0.15, 0.2) is 60.7 Å². The fraction of sp³-hybridized carbons (Fsp3) is 0.125. The van der Waals surface area contributed by atoms with Crippen molar-refractivity contribution in [2.45, 2.75) is 13.8 Å². The molecule has 1 nitrogen and oxygen atoms in total. The minimum atomic E-state index is 0. The van der Waals surface area contributed by atoms with E-state index in [9.17, 15) is 0 Å². The van der Waals surface area contributed by atoms with Gasteiger partial charge in [-0.25, -0.2) is 0 Å². The van der Waals surface area contributed by atoms with Crippen molar-refractivity contribution in [3.63, 3.8) is 0 Å². The number of rotatable bonds is 2. The standard InChI is InChI=1S/C12H10N.2C2H5.Li.Zn/c1-3-7-11(8-4-1)13-12-9-5-2-6-10-12;2*1-2;;/h1-10H;2*1H2,2H3;;/q3*-1;;. The van der Waals surface area contributed by atoms with Crippen LogP contribution in [-0.2, 0) is 19.5 Å². The number of benzene rings is 2. The van der Waals surface area contributed by atoms with E-state index in [-0.39, 0.29) is 38.3 Å². The molecule has 0 aliphatic heterocycles. The summed E-state index contributed by atoms with van der Waals surface area (Å²) < 4.78 is 0. The van der Waals surface area contributed by atoms with Gasteiger partial charge in [0.05, 0.1) is 0 Å². The van der Waals surface area contributed by atoms with Gasteiger partial charge < -0.3 is 19.2 Å². The molecule has 0 aliphatic rings. The van der Waals surface area contributed by atoms with E-state index in [2.05, 4.69) is 19.2 Å². The fourth-order valence-corrected chi connectivity index (χ4v) is 1.15. The Morgan fingerprint density at radius 1 is 0.632 bits per heavy atom. The maximum atomic E-state index is 4.44. The molecule has 0 spiro atoms. The van der Waals surface area contributed by atoms with Gasteiger partial charge in [0.2, 0.25) is 0 Å². The van der Waals surface area contributed by atoms with Crippen LogP contribution in [0.5, 0.6) is 0 Å². The summed E-state index contributed by atoms with van der Waals surface area (Å²) in [4.78, 5) is 0. The molecule has 2 aromatic carbocycles. The molecular formula is C16H20LiNZn-3. The van der Waals surface area contributed by atoms with Crippen molar-refractivity contribution in [2.24, 2.45) is 0 Å². The van der Waals surface area contributed by atoms with Crippen LogP contribution < -0.4 is 0 Å². The van der Waals surface area contributed by atoms with Gasteiger partial charge >= 0.3 is 0 Å².